The zero-order valence-corrected chi connectivity index (χ0v) is 19.0. The lowest BCUT2D eigenvalue weighted by Gasteiger charge is -2.21. The Morgan fingerprint density at radius 2 is 1.82 bits per heavy atom. The number of aliphatic imine (C=N–C) groups is 1. The van der Waals surface area contributed by atoms with Crippen molar-refractivity contribution in [3.63, 3.8) is 0 Å². The van der Waals surface area contributed by atoms with Crippen molar-refractivity contribution >= 4 is 29.9 Å². The molecule has 0 amide bonds. The van der Waals surface area contributed by atoms with Gasteiger partial charge < -0.3 is 19.7 Å². The van der Waals surface area contributed by atoms with Gasteiger partial charge in [0.05, 0.1) is 6.61 Å². The first-order valence-electron chi connectivity index (χ1n) is 9.48. The van der Waals surface area contributed by atoms with E-state index in [0.29, 0.717) is 12.5 Å². The van der Waals surface area contributed by atoms with Crippen LogP contribution in [0.25, 0.3) is 0 Å². The van der Waals surface area contributed by atoms with Crippen LogP contribution in [0, 0.1) is 5.92 Å². The minimum atomic E-state index is 0. The lowest BCUT2D eigenvalue weighted by molar-refractivity contribution is 0.157. The van der Waals surface area contributed by atoms with Gasteiger partial charge in [-0.3, -0.25) is 4.99 Å². The van der Waals surface area contributed by atoms with Crippen molar-refractivity contribution in [3.05, 3.63) is 65.7 Å². The molecule has 0 aliphatic carbocycles. The summed E-state index contributed by atoms with van der Waals surface area (Å²) in [4.78, 5) is 6.74. The number of guanidine groups is 1. The highest BCUT2D eigenvalue weighted by Crippen LogP contribution is 2.17. The average molecular weight is 495 g/mol. The summed E-state index contributed by atoms with van der Waals surface area (Å²) in [5.41, 5.74) is 2.39. The molecule has 1 saturated heterocycles. The van der Waals surface area contributed by atoms with E-state index in [1.807, 2.05) is 37.4 Å². The molecule has 2 aromatic carbocycles. The monoisotopic (exact) mass is 495 g/mol. The van der Waals surface area contributed by atoms with Crippen LogP contribution >= 0.6 is 24.0 Å². The highest BCUT2D eigenvalue weighted by atomic mass is 127. The molecule has 0 bridgehead atoms. The van der Waals surface area contributed by atoms with Crippen molar-refractivity contribution in [3.8, 4) is 5.75 Å². The van der Waals surface area contributed by atoms with Gasteiger partial charge in [-0.2, -0.15) is 0 Å². The fraction of sp³-hybridized carbons (Fsp3) is 0.409. The summed E-state index contributed by atoms with van der Waals surface area (Å²) >= 11 is 0. The molecule has 1 aliphatic heterocycles. The van der Waals surface area contributed by atoms with Crippen molar-refractivity contribution in [2.75, 3.05) is 33.9 Å². The number of benzene rings is 2. The largest absolute Gasteiger partial charge is 0.489 e. The molecule has 6 heteroatoms. The van der Waals surface area contributed by atoms with Crippen LogP contribution in [-0.4, -0.2) is 44.7 Å². The predicted octanol–water partition coefficient (Wildman–Crippen LogP) is 3.93. The topological polar surface area (TPSA) is 46.1 Å². The van der Waals surface area contributed by atoms with Gasteiger partial charge in [0.15, 0.2) is 5.96 Å². The van der Waals surface area contributed by atoms with Crippen molar-refractivity contribution < 1.29 is 9.47 Å². The summed E-state index contributed by atoms with van der Waals surface area (Å²) < 4.78 is 11.1. The van der Waals surface area contributed by atoms with Gasteiger partial charge in [-0.15, -0.1) is 24.0 Å². The minimum Gasteiger partial charge on any atom is -0.489 e. The van der Waals surface area contributed by atoms with Crippen LogP contribution in [0.5, 0.6) is 5.75 Å². The van der Waals surface area contributed by atoms with Crippen LogP contribution in [-0.2, 0) is 17.9 Å². The highest BCUT2D eigenvalue weighted by molar-refractivity contribution is 14.0. The van der Waals surface area contributed by atoms with E-state index in [1.165, 1.54) is 5.56 Å². The van der Waals surface area contributed by atoms with Gasteiger partial charge in [0.1, 0.15) is 12.4 Å². The standard InChI is InChI=1S/C22H29N3O2.HI/c1-23-22(25-13-12-20(15-25)16-26-2)24-14-18-8-10-19(11-9-18)17-27-21-6-4-3-5-7-21;/h3-11,20H,12-17H2,1-2H3,(H,23,24);1H. The van der Waals surface area contributed by atoms with Gasteiger partial charge in [-0.25, -0.2) is 0 Å². The lowest BCUT2D eigenvalue weighted by atomic mass is 10.1. The van der Waals surface area contributed by atoms with Crippen LogP contribution < -0.4 is 10.1 Å². The molecule has 0 aromatic heterocycles. The molecule has 0 saturated carbocycles. The Morgan fingerprint density at radius 3 is 2.50 bits per heavy atom. The maximum absolute atomic E-state index is 5.79. The van der Waals surface area contributed by atoms with E-state index in [1.54, 1.807) is 7.11 Å². The van der Waals surface area contributed by atoms with Crippen molar-refractivity contribution in [2.45, 2.75) is 19.6 Å². The van der Waals surface area contributed by atoms with E-state index < -0.39 is 0 Å². The van der Waals surface area contributed by atoms with E-state index in [2.05, 4.69) is 39.5 Å². The number of methoxy groups -OCH3 is 1. The number of hydrogen-bond donors (Lipinski definition) is 1. The Kier molecular flexibility index (Phi) is 9.57. The highest BCUT2D eigenvalue weighted by Gasteiger charge is 2.24. The first-order valence-corrected chi connectivity index (χ1v) is 9.48. The fourth-order valence-corrected chi connectivity index (χ4v) is 3.35. The molecule has 1 fully saturated rings. The SMILES string of the molecule is CN=C(NCc1ccc(COc2ccccc2)cc1)N1CCC(COC)C1.I. The third-order valence-electron chi connectivity index (χ3n) is 4.82. The number of ether oxygens (including phenoxy) is 2. The summed E-state index contributed by atoms with van der Waals surface area (Å²) in [5, 5.41) is 3.47. The number of nitrogens with zero attached hydrogens (tertiary/aromatic N) is 2. The zero-order valence-electron chi connectivity index (χ0n) is 16.6. The third-order valence-corrected chi connectivity index (χ3v) is 4.82. The first kappa shape index (κ1) is 22.5. The molecule has 3 rings (SSSR count). The summed E-state index contributed by atoms with van der Waals surface area (Å²) in [6, 6.07) is 18.4. The molecule has 1 N–H and O–H groups in total. The molecular formula is C22H30IN3O2. The molecule has 0 spiro atoms. The molecule has 5 nitrogen and oxygen atoms in total. The van der Waals surface area contributed by atoms with E-state index in [4.69, 9.17) is 9.47 Å². The minimum absolute atomic E-state index is 0. The number of hydrogen-bond acceptors (Lipinski definition) is 3. The van der Waals surface area contributed by atoms with Crippen molar-refractivity contribution in [1.29, 1.82) is 0 Å². The van der Waals surface area contributed by atoms with Gasteiger partial charge >= 0.3 is 0 Å². The number of nitrogens with one attached hydrogen (secondary N) is 1. The number of rotatable bonds is 7. The number of para-hydroxylation sites is 1. The maximum atomic E-state index is 5.79. The second kappa shape index (κ2) is 11.9. The maximum Gasteiger partial charge on any atom is 0.193 e. The molecule has 0 radical (unpaired) electrons. The smallest absolute Gasteiger partial charge is 0.193 e. The van der Waals surface area contributed by atoms with E-state index >= 15 is 0 Å². The van der Waals surface area contributed by atoms with E-state index in [9.17, 15) is 0 Å². The molecule has 1 aliphatic rings. The van der Waals surface area contributed by atoms with Gasteiger partial charge in [-0.1, -0.05) is 42.5 Å². The molecule has 1 unspecified atom stereocenters. The molecule has 2 aromatic rings. The lowest BCUT2D eigenvalue weighted by Crippen LogP contribution is -2.39. The van der Waals surface area contributed by atoms with E-state index in [0.717, 1.165) is 49.9 Å². The van der Waals surface area contributed by atoms with Gasteiger partial charge in [0.25, 0.3) is 0 Å². The molecular weight excluding hydrogens is 465 g/mol. The Labute approximate surface area is 185 Å². The summed E-state index contributed by atoms with van der Waals surface area (Å²) in [7, 11) is 3.61. The first-order chi connectivity index (χ1) is 13.3. The fourth-order valence-electron chi connectivity index (χ4n) is 3.35. The summed E-state index contributed by atoms with van der Waals surface area (Å²) in [6.07, 6.45) is 1.16. The number of halogens is 1. The van der Waals surface area contributed by atoms with Crippen LogP contribution in [0.3, 0.4) is 0 Å². The third kappa shape index (κ3) is 6.67. The second-order valence-electron chi connectivity index (χ2n) is 6.88. The number of likely N-dealkylation sites (tertiary alicyclic amines) is 1. The molecule has 1 heterocycles. The molecule has 1 atom stereocenters. The van der Waals surface area contributed by atoms with Crippen LogP contribution in [0.15, 0.2) is 59.6 Å². The van der Waals surface area contributed by atoms with Crippen molar-refractivity contribution in [1.82, 2.24) is 10.2 Å². The van der Waals surface area contributed by atoms with Gasteiger partial charge in [0.2, 0.25) is 0 Å². The zero-order chi connectivity index (χ0) is 18.9. The van der Waals surface area contributed by atoms with Crippen molar-refractivity contribution in [2.24, 2.45) is 10.9 Å². The van der Waals surface area contributed by atoms with Crippen LogP contribution in [0.4, 0.5) is 0 Å². The quantitative estimate of drug-likeness (QED) is 0.360. The van der Waals surface area contributed by atoms with Gasteiger partial charge in [0, 0.05) is 39.7 Å². The normalized spacial score (nSPS) is 16.6. The Balaban J connectivity index is 0.00000280. The van der Waals surface area contributed by atoms with Gasteiger partial charge in [-0.05, 0) is 29.7 Å². The second-order valence-corrected chi connectivity index (χ2v) is 6.88. The molecule has 28 heavy (non-hydrogen) atoms. The summed E-state index contributed by atoms with van der Waals surface area (Å²) in [6.45, 7) is 4.19. The Morgan fingerprint density at radius 1 is 1.11 bits per heavy atom. The molecule has 152 valence electrons. The predicted molar refractivity (Wildman–Crippen MR) is 124 cm³/mol. The van der Waals surface area contributed by atoms with E-state index in [-0.39, 0.29) is 24.0 Å². The summed E-state index contributed by atoms with van der Waals surface area (Å²) in [5.74, 6) is 2.45. The average Bonchev–Trinajstić information content (AvgIpc) is 3.17. The van der Waals surface area contributed by atoms with Crippen LogP contribution in [0.1, 0.15) is 17.5 Å². The Bertz CT molecular complexity index is 722. The van der Waals surface area contributed by atoms with Crippen LogP contribution in [0.2, 0.25) is 0 Å². The Hall–Kier alpha value is -1.80.